The molecule has 1 aliphatic heterocycles. The largest absolute Gasteiger partial charge is 0.396 e. The van der Waals surface area contributed by atoms with Gasteiger partial charge >= 0.3 is 0 Å². The van der Waals surface area contributed by atoms with Crippen LogP contribution in [0.2, 0.25) is 0 Å². The van der Waals surface area contributed by atoms with Crippen molar-refractivity contribution < 1.29 is 15.0 Å². The number of nitrogens with one attached hydrogen (secondary N) is 1. The number of nitrogens with zero attached hydrogens (tertiary/aromatic N) is 1. The third-order valence-corrected chi connectivity index (χ3v) is 4.19. The lowest BCUT2D eigenvalue weighted by atomic mass is 9.90. The van der Waals surface area contributed by atoms with Crippen molar-refractivity contribution in [2.75, 3.05) is 26.3 Å². The van der Waals surface area contributed by atoms with Crippen molar-refractivity contribution in [2.45, 2.75) is 6.42 Å². The molecule has 0 spiro atoms. The average molecular weight is 288 g/mol. The maximum atomic E-state index is 12.6. The zero-order valence-corrected chi connectivity index (χ0v) is 11.8. The molecule has 5 nitrogen and oxygen atoms in total. The highest BCUT2D eigenvalue weighted by atomic mass is 16.3. The van der Waals surface area contributed by atoms with Gasteiger partial charge in [0.1, 0.15) is 5.69 Å². The van der Waals surface area contributed by atoms with Gasteiger partial charge in [-0.15, -0.1) is 0 Å². The first-order valence-corrected chi connectivity index (χ1v) is 7.30. The fraction of sp³-hybridized carbons (Fsp3) is 0.438. The lowest BCUT2D eigenvalue weighted by molar-refractivity contribution is 0.0411. The third kappa shape index (κ3) is 2.80. The van der Waals surface area contributed by atoms with E-state index in [4.69, 9.17) is 0 Å². The lowest BCUT2D eigenvalue weighted by Crippen LogP contribution is -2.46. The number of hydrogen-bond acceptors (Lipinski definition) is 3. The van der Waals surface area contributed by atoms with E-state index in [1.807, 2.05) is 30.3 Å². The summed E-state index contributed by atoms with van der Waals surface area (Å²) in [6, 6.07) is 9.63. The Morgan fingerprint density at radius 2 is 1.86 bits per heavy atom. The highest BCUT2D eigenvalue weighted by Gasteiger charge is 2.30. The van der Waals surface area contributed by atoms with Crippen molar-refractivity contribution in [1.82, 2.24) is 9.88 Å². The molecule has 1 amide bonds. The van der Waals surface area contributed by atoms with E-state index in [0.717, 1.165) is 17.3 Å². The van der Waals surface area contributed by atoms with Crippen LogP contribution in [0.3, 0.4) is 0 Å². The Kier molecular flexibility index (Phi) is 3.94. The fourth-order valence-corrected chi connectivity index (χ4v) is 3.11. The molecule has 1 fully saturated rings. The second kappa shape index (κ2) is 5.87. The van der Waals surface area contributed by atoms with Gasteiger partial charge in [0.05, 0.1) is 0 Å². The van der Waals surface area contributed by atoms with Crippen LogP contribution in [0.1, 0.15) is 16.9 Å². The predicted molar refractivity (Wildman–Crippen MR) is 80.0 cm³/mol. The molecule has 112 valence electrons. The number of H-pyrrole nitrogens is 1. The van der Waals surface area contributed by atoms with Crippen LogP contribution in [0.4, 0.5) is 0 Å². The minimum absolute atomic E-state index is 0.0456. The first-order chi connectivity index (χ1) is 10.2. The normalized spacial score (nSPS) is 22.7. The summed E-state index contributed by atoms with van der Waals surface area (Å²) >= 11 is 0. The number of carbonyl (C=O) groups is 1. The maximum absolute atomic E-state index is 12.6. The Hall–Kier alpha value is -1.85. The van der Waals surface area contributed by atoms with Crippen molar-refractivity contribution in [3.63, 3.8) is 0 Å². The van der Waals surface area contributed by atoms with Gasteiger partial charge in [-0.25, -0.2) is 0 Å². The Morgan fingerprint density at radius 3 is 2.48 bits per heavy atom. The molecule has 3 rings (SSSR count). The molecule has 1 aromatic heterocycles. The van der Waals surface area contributed by atoms with Crippen molar-refractivity contribution in [3.8, 4) is 0 Å². The third-order valence-electron chi connectivity index (χ3n) is 4.19. The first-order valence-electron chi connectivity index (χ1n) is 7.30. The Morgan fingerprint density at radius 1 is 1.19 bits per heavy atom. The van der Waals surface area contributed by atoms with Crippen molar-refractivity contribution in [1.29, 1.82) is 0 Å². The van der Waals surface area contributed by atoms with Crippen molar-refractivity contribution >= 4 is 16.8 Å². The van der Waals surface area contributed by atoms with E-state index in [0.29, 0.717) is 18.8 Å². The monoisotopic (exact) mass is 288 g/mol. The number of benzene rings is 1. The summed E-state index contributed by atoms with van der Waals surface area (Å²) in [7, 11) is 0. The fourth-order valence-electron chi connectivity index (χ4n) is 3.11. The van der Waals surface area contributed by atoms with Gasteiger partial charge in [-0.3, -0.25) is 4.79 Å². The number of hydrogen-bond donors (Lipinski definition) is 3. The minimum atomic E-state index is -0.0669. The summed E-state index contributed by atoms with van der Waals surface area (Å²) in [4.78, 5) is 17.5. The number of fused-ring (bicyclic) bond motifs is 1. The SMILES string of the molecule is O=C(c1cc2ccccc2[nH]1)N1CC(CO)CC(CO)C1. The van der Waals surface area contributed by atoms with Crippen molar-refractivity contribution in [3.05, 3.63) is 36.0 Å². The quantitative estimate of drug-likeness (QED) is 0.795. The summed E-state index contributed by atoms with van der Waals surface area (Å²) in [5.74, 6) is 0.0243. The number of piperidine rings is 1. The molecule has 2 heterocycles. The van der Waals surface area contributed by atoms with Gasteiger partial charge in [-0.1, -0.05) is 18.2 Å². The summed E-state index contributed by atoms with van der Waals surface area (Å²) in [5, 5.41) is 19.7. The molecule has 1 aliphatic rings. The lowest BCUT2D eigenvalue weighted by Gasteiger charge is -2.36. The number of amides is 1. The van der Waals surface area contributed by atoms with Crippen LogP contribution in [-0.2, 0) is 0 Å². The highest BCUT2D eigenvalue weighted by Crippen LogP contribution is 2.24. The Balaban J connectivity index is 1.83. The number of rotatable bonds is 3. The predicted octanol–water partition coefficient (Wildman–Crippen LogP) is 1.23. The van der Waals surface area contributed by atoms with Gasteiger partial charge in [0.15, 0.2) is 0 Å². The smallest absolute Gasteiger partial charge is 0.270 e. The molecule has 0 bridgehead atoms. The molecule has 2 atom stereocenters. The molecule has 2 unspecified atom stereocenters. The molecular formula is C16H20N2O3. The number of aliphatic hydroxyl groups is 2. The van der Waals surface area contributed by atoms with Crippen LogP contribution >= 0.6 is 0 Å². The Labute approximate surface area is 123 Å². The van der Waals surface area contributed by atoms with E-state index in [9.17, 15) is 15.0 Å². The molecule has 21 heavy (non-hydrogen) atoms. The second-order valence-electron chi connectivity index (χ2n) is 5.81. The van der Waals surface area contributed by atoms with Gasteiger partial charge in [0.2, 0.25) is 0 Å². The van der Waals surface area contributed by atoms with Crippen LogP contribution in [0.5, 0.6) is 0 Å². The Bertz CT molecular complexity index is 592. The summed E-state index contributed by atoms with van der Waals surface area (Å²) in [6.07, 6.45) is 0.767. The minimum Gasteiger partial charge on any atom is -0.396 e. The molecule has 0 aliphatic carbocycles. The summed E-state index contributed by atoms with van der Waals surface area (Å²) in [5.41, 5.74) is 1.50. The van der Waals surface area contributed by atoms with E-state index in [2.05, 4.69) is 4.98 Å². The number of carbonyl (C=O) groups excluding carboxylic acids is 1. The molecule has 5 heteroatoms. The molecule has 2 aromatic rings. The topological polar surface area (TPSA) is 76.6 Å². The number of aromatic nitrogens is 1. The van der Waals surface area contributed by atoms with Gasteiger partial charge in [0, 0.05) is 49.0 Å². The molecule has 3 N–H and O–H groups in total. The first kappa shape index (κ1) is 14.1. The van der Waals surface area contributed by atoms with Gasteiger partial charge < -0.3 is 20.1 Å². The van der Waals surface area contributed by atoms with Gasteiger partial charge in [-0.2, -0.15) is 0 Å². The van der Waals surface area contributed by atoms with E-state index in [1.54, 1.807) is 4.90 Å². The zero-order valence-electron chi connectivity index (χ0n) is 11.8. The molecule has 0 radical (unpaired) electrons. The molecule has 1 aromatic carbocycles. The van der Waals surface area contributed by atoms with Gasteiger partial charge in [0.25, 0.3) is 5.91 Å². The van der Waals surface area contributed by atoms with Crippen LogP contribution in [0.15, 0.2) is 30.3 Å². The maximum Gasteiger partial charge on any atom is 0.270 e. The molecule has 0 saturated carbocycles. The average Bonchev–Trinajstić information content (AvgIpc) is 2.97. The van der Waals surface area contributed by atoms with Crippen LogP contribution in [0.25, 0.3) is 10.9 Å². The highest BCUT2D eigenvalue weighted by molar-refractivity contribution is 5.98. The molecular weight excluding hydrogens is 268 g/mol. The van der Waals surface area contributed by atoms with E-state index < -0.39 is 0 Å². The second-order valence-corrected chi connectivity index (χ2v) is 5.81. The zero-order chi connectivity index (χ0) is 14.8. The summed E-state index contributed by atoms with van der Waals surface area (Å²) in [6.45, 7) is 1.18. The van der Waals surface area contributed by atoms with Crippen LogP contribution in [0, 0.1) is 11.8 Å². The number of likely N-dealkylation sites (tertiary alicyclic amines) is 1. The number of para-hydroxylation sites is 1. The number of aromatic amines is 1. The number of aliphatic hydroxyl groups excluding tert-OH is 2. The van der Waals surface area contributed by atoms with E-state index >= 15 is 0 Å². The molecule has 1 saturated heterocycles. The van der Waals surface area contributed by atoms with Crippen LogP contribution < -0.4 is 0 Å². The van der Waals surface area contributed by atoms with Gasteiger partial charge in [-0.05, 0) is 18.6 Å². The van der Waals surface area contributed by atoms with E-state index in [1.165, 1.54) is 0 Å². The standard InChI is InChI=1S/C16H20N2O3/c19-9-11-5-12(10-20)8-18(7-11)16(21)15-6-13-3-1-2-4-14(13)17-15/h1-4,6,11-12,17,19-20H,5,7-10H2. The van der Waals surface area contributed by atoms with E-state index in [-0.39, 0.29) is 31.0 Å². The van der Waals surface area contributed by atoms with Crippen LogP contribution in [-0.4, -0.2) is 52.3 Å². The summed E-state index contributed by atoms with van der Waals surface area (Å²) < 4.78 is 0. The van der Waals surface area contributed by atoms with Crippen molar-refractivity contribution in [2.24, 2.45) is 11.8 Å².